The van der Waals surface area contributed by atoms with Crippen LogP contribution in [0.25, 0.3) is 0 Å². The number of carboxylic acid groups (broad SMARTS) is 1. The molecule has 0 amide bonds. The van der Waals surface area contributed by atoms with Crippen molar-refractivity contribution in [3.05, 3.63) is 33.8 Å². The number of halogens is 1. The van der Waals surface area contributed by atoms with Crippen LogP contribution in [0.1, 0.15) is 28.8 Å². The summed E-state index contributed by atoms with van der Waals surface area (Å²) in [6.07, 6.45) is 1.74. The first-order valence-electron chi connectivity index (χ1n) is 4.35. The molecule has 14 heavy (non-hydrogen) atoms. The van der Waals surface area contributed by atoms with Crippen molar-refractivity contribution < 1.29 is 9.90 Å². The summed E-state index contributed by atoms with van der Waals surface area (Å²) < 4.78 is 0.767. The van der Waals surface area contributed by atoms with Crippen molar-refractivity contribution in [1.29, 1.82) is 0 Å². The third-order valence-corrected chi connectivity index (χ3v) is 3.03. The fourth-order valence-electron chi connectivity index (χ4n) is 1.53. The molecule has 1 saturated carbocycles. The molecule has 0 radical (unpaired) electrons. The minimum Gasteiger partial charge on any atom is -0.478 e. The average molecular weight is 256 g/mol. The number of benzene rings is 1. The highest BCUT2D eigenvalue weighted by molar-refractivity contribution is 9.10. The summed E-state index contributed by atoms with van der Waals surface area (Å²) in [5, 5.41) is 9.00. The second-order valence-electron chi connectivity index (χ2n) is 3.65. The van der Waals surface area contributed by atoms with E-state index in [1.165, 1.54) is 0 Å². The van der Waals surface area contributed by atoms with Gasteiger partial charge in [-0.25, -0.2) is 4.79 Å². The molecule has 0 saturated heterocycles. The Labute approximate surface area is 90.0 Å². The van der Waals surface area contributed by atoms with Crippen molar-refractivity contribution in [2.75, 3.05) is 0 Å². The van der Waals surface area contributed by atoms with E-state index in [1.54, 1.807) is 12.1 Å². The molecule has 1 aliphatic rings. The number of nitrogens with two attached hydrogens (primary N) is 1. The number of hydrogen-bond acceptors (Lipinski definition) is 2. The summed E-state index contributed by atoms with van der Waals surface area (Å²) in [4.78, 5) is 11.0. The van der Waals surface area contributed by atoms with Gasteiger partial charge in [0.1, 0.15) is 0 Å². The van der Waals surface area contributed by atoms with Crippen molar-refractivity contribution in [3.63, 3.8) is 0 Å². The van der Waals surface area contributed by atoms with Crippen LogP contribution >= 0.6 is 15.9 Å². The maximum absolute atomic E-state index is 11.0. The van der Waals surface area contributed by atoms with Gasteiger partial charge in [-0.15, -0.1) is 0 Å². The SMILES string of the molecule is NC1(c2ccc(Br)cc2C(=O)O)CC1. The van der Waals surface area contributed by atoms with Crippen molar-refractivity contribution in [3.8, 4) is 0 Å². The second-order valence-corrected chi connectivity index (χ2v) is 4.57. The second kappa shape index (κ2) is 3.07. The monoisotopic (exact) mass is 255 g/mol. The van der Waals surface area contributed by atoms with Gasteiger partial charge in [-0.3, -0.25) is 0 Å². The molecule has 0 aromatic heterocycles. The third kappa shape index (κ3) is 1.55. The highest BCUT2D eigenvalue weighted by Gasteiger charge is 2.42. The van der Waals surface area contributed by atoms with Crippen LogP contribution in [0.3, 0.4) is 0 Å². The van der Waals surface area contributed by atoms with Crippen molar-refractivity contribution >= 4 is 21.9 Å². The average Bonchev–Trinajstić information content (AvgIpc) is 2.84. The Balaban J connectivity index is 2.54. The number of carbonyl (C=O) groups is 1. The predicted octanol–water partition coefficient (Wildman–Crippen LogP) is 2.10. The maximum atomic E-state index is 11.0. The first kappa shape index (κ1) is 9.68. The zero-order chi connectivity index (χ0) is 10.3. The summed E-state index contributed by atoms with van der Waals surface area (Å²) in [5.41, 5.74) is 6.63. The van der Waals surface area contributed by atoms with Crippen LogP contribution in [0, 0.1) is 0 Å². The minimum absolute atomic E-state index is 0.305. The Morgan fingerprint density at radius 3 is 2.64 bits per heavy atom. The van der Waals surface area contributed by atoms with Gasteiger partial charge in [0.25, 0.3) is 0 Å². The largest absolute Gasteiger partial charge is 0.478 e. The van der Waals surface area contributed by atoms with Gasteiger partial charge in [0.15, 0.2) is 0 Å². The molecule has 1 aromatic rings. The zero-order valence-corrected chi connectivity index (χ0v) is 9.04. The van der Waals surface area contributed by atoms with E-state index in [1.807, 2.05) is 6.07 Å². The topological polar surface area (TPSA) is 63.3 Å². The van der Waals surface area contributed by atoms with E-state index in [9.17, 15) is 4.79 Å². The van der Waals surface area contributed by atoms with Crippen LogP contribution in [-0.2, 0) is 5.54 Å². The predicted molar refractivity (Wildman–Crippen MR) is 56.2 cm³/mol. The van der Waals surface area contributed by atoms with Crippen LogP contribution in [0.4, 0.5) is 0 Å². The smallest absolute Gasteiger partial charge is 0.336 e. The molecule has 0 bridgehead atoms. The molecule has 0 heterocycles. The van der Waals surface area contributed by atoms with Gasteiger partial charge in [0.05, 0.1) is 5.56 Å². The molecule has 0 aliphatic heterocycles. The first-order chi connectivity index (χ1) is 6.53. The zero-order valence-electron chi connectivity index (χ0n) is 7.46. The number of rotatable bonds is 2. The van der Waals surface area contributed by atoms with Gasteiger partial charge < -0.3 is 10.8 Å². The summed E-state index contributed by atoms with van der Waals surface area (Å²) >= 11 is 3.25. The molecule has 2 rings (SSSR count). The first-order valence-corrected chi connectivity index (χ1v) is 5.14. The van der Waals surface area contributed by atoms with E-state index >= 15 is 0 Å². The Morgan fingerprint density at radius 2 is 2.14 bits per heavy atom. The lowest BCUT2D eigenvalue weighted by atomic mass is 9.99. The van der Waals surface area contributed by atoms with E-state index in [0.717, 1.165) is 22.9 Å². The molecular formula is C10H10BrNO2. The van der Waals surface area contributed by atoms with E-state index in [4.69, 9.17) is 10.8 Å². The van der Waals surface area contributed by atoms with E-state index < -0.39 is 11.5 Å². The van der Waals surface area contributed by atoms with E-state index in [2.05, 4.69) is 15.9 Å². The van der Waals surface area contributed by atoms with Crippen molar-refractivity contribution in [1.82, 2.24) is 0 Å². The maximum Gasteiger partial charge on any atom is 0.336 e. The molecule has 3 N–H and O–H groups in total. The molecule has 0 unspecified atom stereocenters. The Kier molecular flexibility index (Phi) is 2.12. The molecule has 1 aromatic carbocycles. The third-order valence-electron chi connectivity index (χ3n) is 2.54. The van der Waals surface area contributed by atoms with Gasteiger partial charge in [-0.05, 0) is 30.5 Å². The van der Waals surface area contributed by atoms with Gasteiger partial charge in [0.2, 0.25) is 0 Å². The van der Waals surface area contributed by atoms with E-state index in [-0.39, 0.29) is 0 Å². The van der Waals surface area contributed by atoms with Crippen LogP contribution in [-0.4, -0.2) is 11.1 Å². The normalized spacial score (nSPS) is 17.9. The molecule has 3 nitrogen and oxygen atoms in total. The molecular weight excluding hydrogens is 246 g/mol. The summed E-state index contributed by atoms with van der Waals surface area (Å²) in [7, 11) is 0. The van der Waals surface area contributed by atoms with Crippen LogP contribution < -0.4 is 5.73 Å². The lowest BCUT2D eigenvalue weighted by Crippen LogP contribution is -2.22. The van der Waals surface area contributed by atoms with Crippen LogP contribution in [0.5, 0.6) is 0 Å². The number of aromatic carboxylic acids is 1. The highest BCUT2D eigenvalue weighted by Crippen LogP contribution is 2.44. The number of hydrogen-bond donors (Lipinski definition) is 2. The standard InChI is InChI=1S/C10H10BrNO2/c11-6-1-2-8(10(12)3-4-10)7(5-6)9(13)14/h1-2,5H,3-4,12H2,(H,13,14). The lowest BCUT2D eigenvalue weighted by molar-refractivity contribution is 0.0694. The highest BCUT2D eigenvalue weighted by atomic mass is 79.9. The van der Waals surface area contributed by atoms with Crippen LogP contribution in [0.15, 0.2) is 22.7 Å². The van der Waals surface area contributed by atoms with Gasteiger partial charge in [0, 0.05) is 10.0 Å². The summed E-state index contributed by atoms with van der Waals surface area (Å²) in [6.45, 7) is 0. The molecule has 4 heteroatoms. The molecule has 0 spiro atoms. The fourth-order valence-corrected chi connectivity index (χ4v) is 1.89. The molecule has 0 atom stereocenters. The molecule has 74 valence electrons. The Morgan fingerprint density at radius 1 is 1.50 bits per heavy atom. The van der Waals surface area contributed by atoms with Crippen LogP contribution in [0.2, 0.25) is 0 Å². The quantitative estimate of drug-likeness (QED) is 0.851. The number of carboxylic acids is 1. The van der Waals surface area contributed by atoms with Gasteiger partial charge >= 0.3 is 5.97 Å². The van der Waals surface area contributed by atoms with Gasteiger partial charge in [-0.1, -0.05) is 22.0 Å². The van der Waals surface area contributed by atoms with Crippen molar-refractivity contribution in [2.24, 2.45) is 5.73 Å². The fraction of sp³-hybridized carbons (Fsp3) is 0.300. The Bertz CT molecular complexity index is 399. The Hall–Kier alpha value is -0.870. The van der Waals surface area contributed by atoms with E-state index in [0.29, 0.717) is 5.56 Å². The van der Waals surface area contributed by atoms with Crippen molar-refractivity contribution in [2.45, 2.75) is 18.4 Å². The molecule has 1 aliphatic carbocycles. The van der Waals surface area contributed by atoms with Gasteiger partial charge in [-0.2, -0.15) is 0 Å². The lowest BCUT2D eigenvalue weighted by Gasteiger charge is -2.12. The molecule has 1 fully saturated rings. The minimum atomic E-state index is -0.918. The summed E-state index contributed by atoms with van der Waals surface area (Å²) in [5.74, 6) is -0.918. The summed E-state index contributed by atoms with van der Waals surface area (Å²) in [6, 6.07) is 5.22.